The van der Waals surface area contributed by atoms with Crippen molar-refractivity contribution >= 4 is 29.5 Å². The average molecular weight is 425 g/mol. The number of aromatic nitrogens is 2. The first-order chi connectivity index (χ1) is 14.6. The van der Waals surface area contributed by atoms with E-state index < -0.39 is 0 Å². The minimum absolute atomic E-state index is 0.277. The Bertz CT molecular complexity index is 1010. The Morgan fingerprint density at radius 1 is 1.27 bits per heavy atom. The fourth-order valence-electron chi connectivity index (χ4n) is 4.17. The number of nitrogens with two attached hydrogens (primary N) is 1. The van der Waals surface area contributed by atoms with E-state index in [2.05, 4.69) is 38.9 Å². The van der Waals surface area contributed by atoms with Crippen molar-refractivity contribution in [2.45, 2.75) is 52.0 Å². The highest BCUT2D eigenvalue weighted by atomic mass is 35.5. The summed E-state index contributed by atoms with van der Waals surface area (Å²) in [6, 6.07) is 6.15. The van der Waals surface area contributed by atoms with Crippen LogP contribution in [-0.4, -0.2) is 34.8 Å². The molecular formula is C23H29ClN6. The van der Waals surface area contributed by atoms with Crippen molar-refractivity contribution in [3.05, 3.63) is 46.4 Å². The molecule has 2 aliphatic heterocycles. The summed E-state index contributed by atoms with van der Waals surface area (Å²) in [5, 5.41) is 4.20. The van der Waals surface area contributed by atoms with Gasteiger partial charge in [-0.05, 0) is 50.9 Å². The summed E-state index contributed by atoms with van der Waals surface area (Å²) >= 11 is 6.48. The van der Waals surface area contributed by atoms with Gasteiger partial charge in [0.2, 0.25) is 5.96 Å². The molecule has 2 aliphatic rings. The van der Waals surface area contributed by atoms with Crippen LogP contribution in [0.15, 0.2) is 34.3 Å². The van der Waals surface area contributed by atoms with Crippen LogP contribution < -0.4 is 11.1 Å². The number of guanidine groups is 1. The number of imidazole rings is 1. The molecule has 1 saturated heterocycles. The van der Waals surface area contributed by atoms with Crippen molar-refractivity contribution in [1.29, 1.82) is 0 Å². The maximum absolute atomic E-state index is 6.48. The van der Waals surface area contributed by atoms with Crippen LogP contribution in [-0.2, 0) is 6.54 Å². The van der Waals surface area contributed by atoms with Crippen LogP contribution in [0, 0.1) is 6.92 Å². The van der Waals surface area contributed by atoms with E-state index in [1.54, 1.807) is 6.21 Å². The average Bonchev–Trinajstić information content (AvgIpc) is 2.98. The molecular weight excluding hydrogens is 396 g/mol. The van der Waals surface area contributed by atoms with Crippen LogP contribution >= 0.6 is 11.6 Å². The topological polar surface area (TPSA) is 80.6 Å². The van der Waals surface area contributed by atoms with E-state index in [-0.39, 0.29) is 5.96 Å². The van der Waals surface area contributed by atoms with E-state index >= 15 is 0 Å². The first-order valence-electron chi connectivity index (χ1n) is 10.7. The molecule has 3 heterocycles. The van der Waals surface area contributed by atoms with E-state index in [0.29, 0.717) is 12.3 Å². The first kappa shape index (κ1) is 20.8. The van der Waals surface area contributed by atoms with Crippen molar-refractivity contribution < 1.29 is 0 Å². The number of aliphatic imine (C=N–C) groups is 2. The number of aryl methyl sites for hydroxylation is 1. The summed E-state index contributed by atoms with van der Waals surface area (Å²) in [6.07, 6.45) is 7.75. The van der Waals surface area contributed by atoms with E-state index in [0.717, 1.165) is 78.0 Å². The van der Waals surface area contributed by atoms with Crippen LogP contribution in [0.25, 0.3) is 17.0 Å². The second-order valence-corrected chi connectivity index (χ2v) is 8.32. The molecule has 0 saturated carbocycles. The van der Waals surface area contributed by atoms with Gasteiger partial charge in [0.15, 0.2) is 0 Å². The van der Waals surface area contributed by atoms with Crippen molar-refractivity contribution in [3.63, 3.8) is 0 Å². The van der Waals surface area contributed by atoms with Crippen LogP contribution in [0.3, 0.4) is 0 Å². The molecule has 0 unspecified atom stereocenters. The molecule has 1 aromatic heterocycles. The normalized spacial score (nSPS) is 17.6. The summed E-state index contributed by atoms with van der Waals surface area (Å²) in [6.45, 7) is 7.13. The number of piperidine rings is 1. The minimum atomic E-state index is 0.277. The van der Waals surface area contributed by atoms with E-state index in [4.69, 9.17) is 22.3 Å². The van der Waals surface area contributed by atoms with Gasteiger partial charge in [-0.1, -0.05) is 36.7 Å². The molecule has 2 aromatic rings. The molecule has 158 valence electrons. The third kappa shape index (κ3) is 4.20. The molecule has 1 aromatic carbocycles. The molecule has 6 nitrogen and oxygen atoms in total. The first-order valence-corrected chi connectivity index (χ1v) is 11.1. The molecule has 0 amide bonds. The van der Waals surface area contributed by atoms with Gasteiger partial charge >= 0.3 is 0 Å². The Morgan fingerprint density at radius 3 is 2.80 bits per heavy atom. The van der Waals surface area contributed by atoms with Gasteiger partial charge in [0, 0.05) is 35.7 Å². The Morgan fingerprint density at radius 2 is 2.07 bits per heavy atom. The summed E-state index contributed by atoms with van der Waals surface area (Å²) < 4.78 is 2.35. The maximum atomic E-state index is 6.48. The molecule has 4 rings (SSSR count). The number of nitrogens with zero attached hydrogens (tertiary/aromatic N) is 4. The Labute approximate surface area is 183 Å². The van der Waals surface area contributed by atoms with Gasteiger partial charge in [0.1, 0.15) is 5.82 Å². The van der Waals surface area contributed by atoms with Gasteiger partial charge in [-0.15, -0.1) is 0 Å². The summed E-state index contributed by atoms with van der Waals surface area (Å²) in [5.41, 5.74) is 10.8. The Balaban J connectivity index is 1.93. The molecule has 30 heavy (non-hydrogen) atoms. The van der Waals surface area contributed by atoms with Crippen LogP contribution in [0.4, 0.5) is 0 Å². The monoisotopic (exact) mass is 424 g/mol. The number of hydrogen-bond donors (Lipinski definition) is 2. The molecule has 0 radical (unpaired) electrons. The van der Waals surface area contributed by atoms with Gasteiger partial charge in [-0.2, -0.15) is 0 Å². The second-order valence-electron chi connectivity index (χ2n) is 7.91. The standard InChI is InChI=1S/C23H29ClN6/c1-3-13-30-21(19-5-4-10-27-23(25)28-19)20(17-7-6-15(2)18(24)14-17)29-22(30)16-8-11-26-12-9-16/h5-7,10,14,16,26H,3-4,8-9,11-13H2,1-2H3,(H2,25,28). The van der Waals surface area contributed by atoms with Gasteiger partial charge < -0.3 is 15.6 Å². The lowest BCUT2D eigenvalue weighted by molar-refractivity contribution is 0.429. The number of rotatable bonds is 5. The molecule has 0 atom stereocenters. The predicted octanol–water partition coefficient (Wildman–Crippen LogP) is 4.52. The lowest BCUT2D eigenvalue weighted by Gasteiger charge is -2.23. The van der Waals surface area contributed by atoms with Gasteiger partial charge in [0.25, 0.3) is 0 Å². The van der Waals surface area contributed by atoms with Crippen LogP contribution in [0.1, 0.15) is 55.6 Å². The maximum Gasteiger partial charge on any atom is 0.220 e. The molecule has 7 heteroatoms. The Hall–Kier alpha value is -2.44. The zero-order valence-corrected chi connectivity index (χ0v) is 18.4. The lowest BCUT2D eigenvalue weighted by atomic mass is 9.97. The quantitative estimate of drug-likeness (QED) is 0.740. The molecule has 0 bridgehead atoms. The SMILES string of the molecule is CCCn1c(C2CCNCC2)nc(-c2ccc(C)c(Cl)c2)c1C1=CCC=NC(N)=N1. The number of halogens is 1. The van der Waals surface area contributed by atoms with Crippen molar-refractivity contribution in [2.75, 3.05) is 13.1 Å². The predicted molar refractivity (Wildman–Crippen MR) is 125 cm³/mol. The smallest absolute Gasteiger partial charge is 0.220 e. The summed E-state index contributed by atoms with van der Waals surface area (Å²) in [5.74, 6) is 1.84. The van der Waals surface area contributed by atoms with Crippen molar-refractivity contribution in [1.82, 2.24) is 14.9 Å². The number of hydrogen-bond acceptors (Lipinski definition) is 5. The largest absolute Gasteiger partial charge is 0.368 e. The zero-order valence-electron chi connectivity index (χ0n) is 17.7. The van der Waals surface area contributed by atoms with Crippen molar-refractivity contribution in [2.24, 2.45) is 15.7 Å². The summed E-state index contributed by atoms with van der Waals surface area (Å²) in [7, 11) is 0. The molecule has 0 spiro atoms. The third-order valence-corrected chi connectivity index (χ3v) is 6.12. The van der Waals surface area contributed by atoms with E-state index in [9.17, 15) is 0 Å². The van der Waals surface area contributed by atoms with Gasteiger partial charge in [-0.3, -0.25) is 0 Å². The zero-order chi connectivity index (χ0) is 21.1. The van der Waals surface area contributed by atoms with Gasteiger partial charge in [0.05, 0.1) is 17.1 Å². The third-order valence-electron chi connectivity index (χ3n) is 5.71. The van der Waals surface area contributed by atoms with E-state index in [1.165, 1.54) is 0 Å². The molecule has 0 aliphatic carbocycles. The number of benzene rings is 1. The highest BCUT2D eigenvalue weighted by Crippen LogP contribution is 2.37. The number of allylic oxidation sites excluding steroid dienone is 1. The van der Waals surface area contributed by atoms with Crippen molar-refractivity contribution in [3.8, 4) is 11.3 Å². The molecule has 1 fully saturated rings. The Kier molecular flexibility index (Phi) is 6.35. The lowest BCUT2D eigenvalue weighted by Crippen LogP contribution is -2.28. The van der Waals surface area contributed by atoms with Crippen LogP contribution in [0.5, 0.6) is 0 Å². The highest BCUT2D eigenvalue weighted by Gasteiger charge is 2.27. The van der Waals surface area contributed by atoms with E-state index in [1.807, 2.05) is 19.1 Å². The second kappa shape index (κ2) is 9.14. The minimum Gasteiger partial charge on any atom is -0.368 e. The fourth-order valence-corrected chi connectivity index (χ4v) is 4.35. The molecule has 3 N–H and O–H groups in total. The highest BCUT2D eigenvalue weighted by molar-refractivity contribution is 6.31. The fraction of sp³-hybridized carbons (Fsp3) is 0.435. The van der Waals surface area contributed by atoms with Crippen LogP contribution in [0.2, 0.25) is 5.02 Å². The number of nitrogens with one attached hydrogen (secondary N) is 1. The van der Waals surface area contributed by atoms with Gasteiger partial charge in [-0.25, -0.2) is 15.0 Å². The summed E-state index contributed by atoms with van der Waals surface area (Å²) in [4.78, 5) is 14.0.